The van der Waals surface area contributed by atoms with Gasteiger partial charge in [-0.1, -0.05) is 78.6 Å². The van der Waals surface area contributed by atoms with Crippen molar-refractivity contribution in [1.82, 2.24) is 0 Å². The second-order valence-electron chi connectivity index (χ2n) is 8.44. The van der Waals surface area contributed by atoms with Gasteiger partial charge in [-0.05, 0) is 38.5 Å². The molecular formula is C22H49NO4S. The van der Waals surface area contributed by atoms with Crippen LogP contribution in [0.15, 0.2) is 0 Å². The van der Waals surface area contributed by atoms with E-state index in [0.717, 1.165) is 0 Å². The molecule has 0 aliphatic rings. The standard InChI is InChI=1S/C22H48N.H2O4S/c1-5-8-11-14-17-20-23(4,21-18-15-12-9-6-2)22-19-16-13-10-7-3;1-5(2,3)4/h5-22H2,1-4H3;(H2,1,2,3,4)/q+1;/p-1. The third-order valence-corrected chi connectivity index (χ3v) is 5.40. The minimum Gasteiger partial charge on any atom is -0.759 e. The van der Waals surface area contributed by atoms with Gasteiger partial charge in [-0.2, -0.15) is 0 Å². The first-order valence-corrected chi connectivity index (χ1v) is 13.0. The number of nitrogens with zero attached hydrogens (tertiary/aromatic N) is 1. The molecular weight excluding hydrogens is 374 g/mol. The molecule has 28 heavy (non-hydrogen) atoms. The molecule has 0 unspecified atom stereocenters. The normalized spacial score (nSPS) is 11.9. The Morgan fingerprint density at radius 3 is 1.00 bits per heavy atom. The van der Waals surface area contributed by atoms with Crippen molar-refractivity contribution in [2.45, 2.75) is 117 Å². The van der Waals surface area contributed by atoms with Crippen LogP contribution in [0.3, 0.4) is 0 Å². The van der Waals surface area contributed by atoms with Crippen molar-refractivity contribution >= 4 is 10.4 Å². The Hall–Kier alpha value is -0.170. The van der Waals surface area contributed by atoms with E-state index in [1.807, 2.05) is 0 Å². The van der Waals surface area contributed by atoms with Gasteiger partial charge in [-0.3, -0.25) is 8.42 Å². The van der Waals surface area contributed by atoms with Gasteiger partial charge in [-0.15, -0.1) is 0 Å². The Labute approximate surface area is 177 Å². The summed E-state index contributed by atoms with van der Waals surface area (Å²) in [6.07, 6.45) is 21.4. The third-order valence-electron chi connectivity index (χ3n) is 5.40. The number of quaternary nitrogens is 1. The van der Waals surface area contributed by atoms with Gasteiger partial charge in [0.2, 0.25) is 0 Å². The fourth-order valence-electron chi connectivity index (χ4n) is 3.63. The molecule has 0 rings (SSSR count). The van der Waals surface area contributed by atoms with Crippen LogP contribution < -0.4 is 0 Å². The molecule has 0 atom stereocenters. The Balaban J connectivity index is -0.000000997. The van der Waals surface area contributed by atoms with E-state index in [0.29, 0.717) is 0 Å². The van der Waals surface area contributed by atoms with E-state index in [-0.39, 0.29) is 1.43 Å². The number of hydrogen-bond donors (Lipinski definition) is 0. The van der Waals surface area contributed by atoms with Crippen molar-refractivity contribution in [3.8, 4) is 0 Å². The molecule has 0 heterocycles. The lowest BCUT2D eigenvalue weighted by molar-refractivity contribution is -0.910. The molecule has 172 valence electrons. The third kappa shape index (κ3) is 28.0. The largest absolute Gasteiger partial charge is 1.00 e. The first-order valence-electron chi connectivity index (χ1n) is 11.7. The highest BCUT2D eigenvalue weighted by molar-refractivity contribution is 7.79. The fraction of sp³-hybridized carbons (Fsp3) is 1.00. The fourth-order valence-corrected chi connectivity index (χ4v) is 3.63. The van der Waals surface area contributed by atoms with Crippen molar-refractivity contribution in [3.63, 3.8) is 0 Å². The highest BCUT2D eigenvalue weighted by Gasteiger charge is 2.19. The first-order chi connectivity index (χ1) is 13.2. The Morgan fingerprint density at radius 1 is 0.571 bits per heavy atom. The van der Waals surface area contributed by atoms with Crippen LogP contribution >= 0.6 is 0 Å². The van der Waals surface area contributed by atoms with Gasteiger partial charge in [0.05, 0.1) is 26.7 Å². The molecule has 0 radical (unpaired) electrons. The maximum atomic E-state index is 8.52. The van der Waals surface area contributed by atoms with Crippen LogP contribution in [0.5, 0.6) is 0 Å². The maximum absolute atomic E-state index is 8.52. The lowest BCUT2D eigenvalue weighted by Crippen LogP contribution is -2.46. The second kappa shape index (κ2) is 20.1. The zero-order chi connectivity index (χ0) is 21.7. The SMILES string of the molecule is CCCCCCC[N+](C)(CCCCCCC)CCCCCCC.O=S(=O)([O-])[O-].[H+]. The molecule has 0 amide bonds. The molecule has 0 N–H and O–H groups in total. The van der Waals surface area contributed by atoms with Crippen LogP contribution in [-0.4, -0.2) is 48.7 Å². The van der Waals surface area contributed by atoms with Crippen molar-refractivity contribution < 1.29 is 23.4 Å². The van der Waals surface area contributed by atoms with Gasteiger partial charge < -0.3 is 13.6 Å². The van der Waals surface area contributed by atoms with E-state index in [9.17, 15) is 0 Å². The summed E-state index contributed by atoms with van der Waals surface area (Å²) in [6, 6.07) is 0. The monoisotopic (exact) mass is 423 g/mol. The van der Waals surface area contributed by atoms with Gasteiger partial charge in [0.1, 0.15) is 0 Å². The number of hydrogen-bond acceptors (Lipinski definition) is 4. The smallest absolute Gasteiger partial charge is 0.759 e. The second-order valence-corrected chi connectivity index (χ2v) is 9.26. The summed E-state index contributed by atoms with van der Waals surface area (Å²) in [5.41, 5.74) is 0. The molecule has 0 fully saturated rings. The lowest BCUT2D eigenvalue weighted by atomic mass is 10.1. The summed E-state index contributed by atoms with van der Waals surface area (Å²) < 4.78 is 35.4. The quantitative estimate of drug-likeness (QED) is 0.115. The molecule has 0 bridgehead atoms. The summed E-state index contributed by atoms with van der Waals surface area (Å²) in [5.74, 6) is 0. The minimum absolute atomic E-state index is 0. The summed E-state index contributed by atoms with van der Waals surface area (Å²) in [5, 5.41) is 0. The highest BCUT2D eigenvalue weighted by Crippen LogP contribution is 2.15. The molecule has 0 aromatic rings. The molecule has 0 aliphatic carbocycles. The van der Waals surface area contributed by atoms with Gasteiger partial charge in [-0.25, -0.2) is 0 Å². The average molecular weight is 424 g/mol. The van der Waals surface area contributed by atoms with Gasteiger partial charge >= 0.3 is 1.43 Å². The summed E-state index contributed by atoms with van der Waals surface area (Å²) in [6.45, 7) is 11.2. The summed E-state index contributed by atoms with van der Waals surface area (Å²) in [7, 11) is -2.63. The highest BCUT2D eigenvalue weighted by atomic mass is 32.3. The minimum atomic E-state index is -5.17. The number of rotatable bonds is 18. The summed E-state index contributed by atoms with van der Waals surface area (Å²) in [4.78, 5) is 0. The van der Waals surface area contributed by atoms with Gasteiger partial charge in [0.25, 0.3) is 0 Å². The first kappa shape index (κ1) is 30.0. The maximum Gasteiger partial charge on any atom is 1.00 e. The molecule has 6 heteroatoms. The van der Waals surface area contributed by atoms with Crippen LogP contribution in [0.25, 0.3) is 0 Å². The van der Waals surface area contributed by atoms with Crippen molar-refractivity contribution in [3.05, 3.63) is 0 Å². The molecule has 5 nitrogen and oxygen atoms in total. The van der Waals surface area contributed by atoms with E-state index >= 15 is 0 Å². The van der Waals surface area contributed by atoms with Crippen molar-refractivity contribution in [2.24, 2.45) is 0 Å². The van der Waals surface area contributed by atoms with E-state index in [1.165, 1.54) is 120 Å². The number of unbranched alkanes of at least 4 members (excludes halogenated alkanes) is 12. The zero-order valence-corrected chi connectivity index (χ0v) is 20.0. The van der Waals surface area contributed by atoms with E-state index in [1.54, 1.807) is 0 Å². The van der Waals surface area contributed by atoms with Gasteiger partial charge in [0.15, 0.2) is 0 Å². The zero-order valence-electron chi connectivity index (χ0n) is 20.2. The van der Waals surface area contributed by atoms with Crippen LogP contribution in [0, 0.1) is 0 Å². The molecule has 0 saturated heterocycles. The van der Waals surface area contributed by atoms with Gasteiger partial charge in [0, 0.05) is 10.4 Å². The molecule has 0 saturated carbocycles. The van der Waals surface area contributed by atoms with E-state index < -0.39 is 10.4 Å². The molecule has 0 spiro atoms. The predicted molar refractivity (Wildman–Crippen MR) is 119 cm³/mol. The predicted octanol–water partition coefficient (Wildman–Crippen LogP) is 6.12. The van der Waals surface area contributed by atoms with Crippen molar-refractivity contribution in [1.29, 1.82) is 0 Å². The average Bonchev–Trinajstić information content (AvgIpc) is 2.60. The summed E-state index contributed by atoms with van der Waals surface area (Å²) >= 11 is 0. The molecule has 0 aromatic heterocycles. The molecule has 0 aliphatic heterocycles. The van der Waals surface area contributed by atoms with Crippen LogP contribution in [0.4, 0.5) is 0 Å². The topological polar surface area (TPSA) is 80.3 Å². The Morgan fingerprint density at radius 2 is 0.786 bits per heavy atom. The Bertz CT molecular complexity index is 375. The van der Waals surface area contributed by atoms with E-state index in [2.05, 4.69) is 27.8 Å². The van der Waals surface area contributed by atoms with Crippen molar-refractivity contribution in [2.75, 3.05) is 26.7 Å². The molecule has 0 aromatic carbocycles. The van der Waals surface area contributed by atoms with Crippen LogP contribution in [-0.2, 0) is 10.4 Å². The van der Waals surface area contributed by atoms with E-state index in [4.69, 9.17) is 17.5 Å². The van der Waals surface area contributed by atoms with Crippen LogP contribution in [0.2, 0.25) is 0 Å². The Kier molecular flexibility index (Phi) is 21.6. The lowest BCUT2D eigenvalue weighted by Gasteiger charge is -2.35. The van der Waals surface area contributed by atoms with Crippen LogP contribution in [0.1, 0.15) is 119 Å².